The van der Waals surface area contributed by atoms with Crippen molar-refractivity contribution in [3.63, 3.8) is 0 Å². The van der Waals surface area contributed by atoms with E-state index in [1.807, 2.05) is 17.8 Å². The quantitative estimate of drug-likeness (QED) is 0.865. The molecule has 2 N–H and O–H groups in total. The maximum absolute atomic E-state index is 5.67. The Morgan fingerprint density at radius 2 is 2.33 bits per heavy atom. The fourth-order valence-corrected chi connectivity index (χ4v) is 1.87. The standard InChI is InChI=1S/C9H15N3O.2ClH/c1-12-8(2-4-11-12)9-7(6-10)3-5-13-9;;/h2,4,7,9H,3,5-6,10H2,1H3;2*1H/t7-,9+;;/m0../s1. The van der Waals surface area contributed by atoms with Crippen molar-refractivity contribution in [2.75, 3.05) is 13.2 Å². The highest BCUT2D eigenvalue weighted by Crippen LogP contribution is 2.33. The molecule has 0 amide bonds. The fourth-order valence-electron chi connectivity index (χ4n) is 1.87. The minimum absolute atomic E-state index is 0. The number of nitrogens with zero attached hydrogens (tertiary/aromatic N) is 2. The molecular weight excluding hydrogens is 237 g/mol. The van der Waals surface area contributed by atoms with Crippen LogP contribution in [0.25, 0.3) is 0 Å². The highest BCUT2D eigenvalue weighted by Gasteiger charge is 2.30. The molecule has 0 bridgehead atoms. The van der Waals surface area contributed by atoms with Gasteiger partial charge in [-0.2, -0.15) is 5.10 Å². The Kier molecular flexibility index (Phi) is 6.20. The van der Waals surface area contributed by atoms with E-state index in [4.69, 9.17) is 10.5 Å². The lowest BCUT2D eigenvalue weighted by Crippen LogP contribution is -2.19. The van der Waals surface area contributed by atoms with Crippen molar-refractivity contribution in [1.82, 2.24) is 9.78 Å². The normalized spacial score (nSPS) is 24.4. The summed E-state index contributed by atoms with van der Waals surface area (Å²) in [5.41, 5.74) is 6.80. The average molecular weight is 254 g/mol. The van der Waals surface area contributed by atoms with Gasteiger partial charge in [0, 0.05) is 25.8 Å². The van der Waals surface area contributed by atoms with Gasteiger partial charge in [0.25, 0.3) is 0 Å². The van der Waals surface area contributed by atoms with Gasteiger partial charge in [0.1, 0.15) is 6.10 Å². The molecule has 6 heteroatoms. The van der Waals surface area contributed by atoms with Crippen LogP contribution in [0.5, 0.6) is 0 Å². The lowest BCUT2D eigenvalue weighted by Gasteiger charge is -2.16. The number of nitrogens with two attached hydrogens (primary N) is 1. The van der Waals surface area contributed by atoms with Crippen LogP contribution in [0.3, 0.4) is 0 Å². The maximum Gasteiger partial charge on any atom is 0.103 e. The van der Waals surface area contributed by atoms with Gasteiger partial charge in [0.15, 0.2) is 0 Å². The van der Waals surface area contributed by atoms with Gasteiger partial charge in [-0.05, 0) is 19.0 Å². The van der Waals surface area contributed by atoms with Gasteiger partial charge in [-0.1, -0.05) is 0 Å². The molecule has 1 aliphatic heterocycles. The van der Waals surface area contributed by atoms with E-state index < -0.39 is 0 Å². The minimum atomic E-state index is 0. The van der Waals surface area contributed by atoms with Crippen molar-refractivity contribution in [2.24, 2.45) is 18.7 Å². The molecule has 88 valence electrons. The Morgan fingerprint density at radius 1 is 1.60 bits per heavy atom. The monoisotopic (exact) mass is 253 g/mol. The Bertz CT molecular complexity index is 293. The highest BCUT2D eigenvalue weighted by molar-refractivity contribution is 5.85. The van der Waals surface area contributed by atoms with Crippen LogP contribution in [0.1, 0.15) is 18.2 Å². The zero-order chi connectivity index (χ0) is 9.26. The van der Waals surface area contributed by atoms with Gasteiger partial charge >= 0.3 is 0 Å². The lowest BCUT2D eigenvalue weighted by atomic mass is 9.99. The first-order valence-electron chi connectivity index (χ1n) is 4.62. The van der Waals surface area contributed by atoms with E-state index in [0.717, 1.165) is 18.7 Å². The summed E-state index contributed by atoms with van der Waals surface area (Å²) >= 11 is 0. The zero-order valence-electron chi connectivity index (χ0n) is 8.63. The molecule has 0 radical (unpaired) electrons. The molecular formula is C9H17Cl2N3O. The Hall–Kier alpha value is -0.290. The number of halogens is 2. The second kappa shape index (κ2) is 6.33. The molecule has 15 heavy (non-hydrogen) atoms. The SMILES string of the molecule is Cl.Cl.Cn1nccc1[C@@H]1OCC[C@H]1CN. The molecule has 0 aliphatic carbocycles. The fraction of sp³-hybridized carbons (Fsp3) is 0.667. The molecule has 2 atom stereocenters. The van der Waals surface area contributed by atoms with Gasteiger partial charge in [0.2, 0.25) is 0 Å². The topological polar surface area (TPSA) is 53.1 Å². The largest absolute Gasteiger partial charge is 0.372 e. The zero-order valence-corrected chi connectivity index (χ0v) is 10.3. The van der Waals surface area contributed by atoms with Crippen molar-refractivity contribution in [3.8, 4) is 0 Å². The summed E-state index contributed by atoms with van der Waals surface area (Å²) in [6.45, 7) is 1.51. The maximum atomic E-state index is 5.67. The molecule has 0 unspecified atom stereocenters. The third-order valence-corrected chi connectivity index (χ3v) is 2.67. The van der Waals surface area contributed by atoms with Crippen LogP contribution in [0.2, 0.25) is 0 Å². The van der Waals surface area contributed by atoms with E-state index in [0.29, 0.717) is 12.5 Å². The van der Waals surface area contributed by atoms with Gasteiger partial charge in [-0.3, -0.25) is 4.68 Å². The summed E-state index contributed by atoms with van der Waals surface area (Å²) in [5, 5.41) is 4.13. The lowest BCUT2D eigenvalue weighted by molar-refractivity contribution is 0.0858. The second-order valence-electron chi connectivity index (χ2n) is 3.46. The molecule has 1 fully saturated rings. The van der Waals surface area contributed by atoms with Crippen LogP contribution in [-0.2, 0) is 11.8 Å². The minimum Gasteiger partial charge on any atom is -0.372 e. The number of hydrogen-bond acceptors (Lipinski definition) is 3. The van der Waals surface area contributed by atoms with E-state index in [-0.39, 0.29) is 30.9 Å². The Morgan fingerprint density at radius 3 is 2.87 bits per heavy atom. The predicted octanol–water partition coefficient (Wildman–Crippen LogP) is 1.30. The number of rotatable bonds is 2. The molecule has 4 nitrogen and oxygen atoms in total. The number of aryl methyl sites for hydroxylation is 1. The van der Waals surface area contributed by atoms with E-state index in [1.165, 1.54) is 0 Å². The smallest absolute Gasteiger partial charge is 0.103 e. The third-order valence-electron chi connectivity index (χ3n) is 2.67. The molecule has 1 saturated heterocycles. The van der Waals surface area contributed by atoms with Gasteiger partial charge in [-0.15, -0.1) is 24.8 Å². The van der Waals surface area contributed by atoms with Crippen LogP contribution in [0.15, 0.2) is 12.3 Å². The molecule has 2 rings (SSSR count). The summed E-state index contributed by atoms with van der Waals surface area (Å²) in [6.07, 6.45) is 3.01. The molecule has 0 spiro atoms. The van der Waals surface area contributed by atoms with E-state index in [1.54, 1.807) is 6.20 Å². The van der Waals surface area contributed by atoms with Crippen molar-refractivity contribution in [3.05, 3.63) is 18.0 Å². The molecule has 0 aromatic carbocycles. The predicted molar refractivity (Wildman–Crippen MR) is 63.6 cm³/mol. The molecule has 1 aromatic rings. The Balaban J connectivity index is 0.000000980. The number of hydrogen-bond donors (Lipinski definition) is 1. The average Bonchev–Trinajstić information content (AvgIpc) is 2.71. The molecule has 2 heterocycles. The summed E-state index contributed by atoms with van der Waals surface area (Å²) in [5.74, 6) is 0.454. The summed E-state index contributed by atoms with van der Waals surface area (Å²) in [4.78, 5) is 0. The second-order valence-corrected chi connectivity index (χ2v) is 3.46. The molecule has 0 saturated carbocycles. The first-order chi connectivity index (χ1) is 6.33. The first kappa shape index (κ1) is 14.7. The Labute approximate surface area is 102 Å². The first-order valence-corrected chi connectivity index (χ1v) is 4.62. The summed E-state index contributed by atoms with van der Waals surface area (Å²) in [6, 6.07) is 2.00. The van der Waals surface area contributed by atoms with E-state index in [9.17, 15) is 0 Å². The third kappa shape index (κ3) is 2.84. The number of aromatic nitrogens is 2. The van der Waals surface area contributed by atoms with Crippen molar-refractivity contribution >= 4 is 24.8 Å². The summed E-state index contributed by atoms with van der Waals surface area (Å²) in [7, 11) is 1.94. The highest BCUT2D eigenvalue weighted by atomic mass is 35.5. The molecule has 1 aliphatic rings. The summed E-state index contributed by atoms with van der Waals surface area (Å²) < 4.78 is 7.50. The van der Waals surface area contributed by atoms with E-state index >= 15 is 0 Å². The van der Waals surface area contributed by atoms with Crippen LogP contribution in [0, 0.1) is 5.92 Å². The molecule has 1 aromatic heterocycles. The van der Waals surface area contributed by atoms with Gasteiger partial charge in [-0.25, -0.2) is 0 Å². The van der Waals surface area contributed by atoms with Crippen molar-refractivity contribution in [1.29, 1.82) is 0 Å². The number of ether oxygens (including phenoxy) is 1. The van der Waals surface area contributed by atoms with E-state index in [2.05, 4.69) is 5.10 Å². The van der Waals surface area contributed by atoms with Crippen LogP contribution in [0.4, 0.5) is 0 Å². The van der Waals surface area contributed by atoms with Crippen LogP contribution >= 0.6 is 24.8 Å². The van der Waals surface area contributed by atoms with Gasteiger partial charge in [0.05, 0.1) is 5.69 Å². The van der Waals surface area contributed by atoms with Crippen molar-refractivity contribution in [2.45, 2.75) is 12.5 Å². The van der Waals surface area contributed by atoms with Crippen molar-refractivity contribution < 1.29 is 4.74 Å². The van der Waals surface area contributed by atoms with Crippen LogP contribution in [-0.4, -0.2) is 22.9 Å². The van der Waals surface area contributed by atoms with Gasteiger partial charge < -0.3 is 10.5 Å². The van der Waals surface area contributed by atoms with Crippen LogP contribution < -0.4 is 5.73 Å².